The first-order valence-electron chi connectivity index (χ1n) is 8.08. The summed E-state index contributed by atoms with van der Waals surface area (Å²) >= 11 is 7.28. The third-order valence-corrected chi connectivity index (χ3v) is 4.46. The van der Waals surface area contributed by atoms with Gasteiger partial charge in [0.2, 0.25) is 5.91 Å². The Morgan fingerprint density at radius 2 is 2.15 bits per heavy atom. The van der Waals surface area contributed by atoms with Crippen LogP contribution in [0.3, 0.4) is 0 Å². The van der Waals surface area contributed by atoms with Crippen LogP contribution in [0.1, 0.15) is 16.8 Å². The van der Waals surface area contributed by atoms with Gasteiger partial charge in [0.25, 0.3) is 0 Å². The van der Waals surface area contributed by atoms with Gasteiger partial charge in [-0.3, -0.25) is 4.79 Å². The SMILES string of the molecule is Nc1nc(CC(=O)N/N=C/c2ccccc2OCc2cccc(Cl)c2)cs1. The summed E-state index contributed by atoms with van der Waals surface area (Å²) in [4.78, 5) is 15.9. The minimum atomic E-state index is -0.270. The fourth-order valence-corrected chi connectivity index (χ4v) is 3.06. The fourth-order valence-electron chi connectivity index (χ4n) is 2.29. The van der Waals surface area contributed by atoms with E-state index in [4.69, 9.17) is 22.1 Å². The Morgan fingerprint density at radius 1 is 1.30 bits per heavy atom. The van der Waals surface area contributed by atoms with Crippen LogP contribution in [0.2, 0.25) is 5.02 Å². The van der Waals surface area contributed by atoms with Crippen molar-refractivity contribution in [2.75, 3.05) is 5.73 Å². The molecule has 0 radical (unpaired) electrons. The molecule has 1 heterocycles. The standard InChI is InChI=1S/C19H17ClN4O2S/c20-15-6-3-4-13(8-15)11-26-17-7-2-1-5-14(17)10-22-24-18(25)9-16-12-27-19(21)23-16/h1-8,10,12H,9,11H2,(H2,21,23)(H,24,25)/b22-10+. The maximum absolute atomic E-state index is 11.9. The van der Waals surface area contributed by atoms with Crippen LogP contribution in [-0.4, -0.2) is 17.1 Å². The number of para-hydroxylation sites is 1. The number of carbonyl (C=O) groups excluding carboxylic acids is 1. The summed E-state index contributed by atoms with van der Waals surface area (Å²) in [6, 6.07) is 14.9. The smallest absolute Gasteiger partial charge is 0.246 e. The largest absolute Gasteiger partial charge is 0.488 e. The first-order valence-corrected chi connectivity index (χ1v) is 9.34. The van der Waals surface area contributed by atoms with Crippen molar-refractivity contribution in [3.63, 3.8) is 0 Å². The van der Waals surface area contributed by atoms with Crippen molar-refractivity contribution in [3.05, 3.63) is 75.8 Å². The molecule has 1 amide bonds. The van der Waals surface area contributed by atoms with E-state index < -0.39 is 0 Å². The molecule has 8 heteroatoms. The van der Waals surface area contributed by atoms with Crippen LogP contribution in [-0.2, 0) is 17.8 Å². The molecule has 0 aliphatic rings. The van der Waals surface area contributed by atoms with E-state index in [2.05, 4.69) is 15.5 Å². The molecule has 0 bridgehead atoms. The zero-order valence-electron chi connectivity index (χ0n) is 14.3. The summed E-state index contributed by atoms with van der Waals surface area (Å²) in [5, 5.41) is 6.84. The maximum atomic E-state index is 11.9. The van der Waals surface area contributed by atoms with E-state index in [1.807, 2.05) is 48.5 Å². The van der Waals surface area contributed by atoms with Crippen LogP contribution in [0.4, 0.5) is 5.13 Å². The summed E-state index contributed by atoms with van der Waals surface area (Å²) < 4.78 is 5.85. The van der Waals surface area contributed by atoms with E-state index >= 15 is 0 Å². The molecule has 27 heavy (non-hydrogen) atoms. The lowest BCUT2D eigenvalue weighted by Gasteiger charge is -2.09. The molecule has 2 aromatic carbocycles. The van der Waals surface area contributed by atoms with Crippen LogP contribution in [0.15, 0.2) is 59.0 Å². The number of nitrogens with zero attached hydrogens (tertiary/aromatic N) is 2. The number of anilines is 1. The zero-order chi connectivity index (χ0) is 19.1. The lowest BCUT2D eigenvalue weighted by molar-refractivity contribution is -0.120. The fraction of sp³-hybridized carbons (Fsp3) is 0.105. The molecule has 3 rings (SSSR count). The van der Waals surface area contributed by atoms with Gasteiger partial charge in [-0.25, -0.2) is 10.4 Å². The average Bonchev–Trinajstić information content (AvgIpc) is 3.05. The molecular formula is C19H17ClN4O2S. The summed E-state index contributed by atoms with van der Waals surface area (Å²) in [5.74, 6) is 0.386. The number of benzene rings is 2. The molecule has 0 saturated heterocycles. The van der Waals surface area contributed by atoms with Gasteiger partial charge in [0.1, 0.15) is 12.4 Å². The number of carbonyl (C=O) groups is 1. The van der Waals surface area contributed by atoms with Crippen molar-refractivity contribution >= 4 is 40.2 Å². The van der Waals surface area contributed by atoms with Crippen molar-refractivity contribution < 1.29 is 9.53 Å². The van der Waals surface area contributed by atoms with Gasteiger partial charge in [-0.2, -0.15) is 5.10 Å². The number of thiazole rings is 1. The Labute approximate surface area is 165 Å². The molecule has 138 valence electrons. The van der Waals surface area contributed by atoms with Crippen molar-refractivity contribution in [1.82, 2.24) is 10.4 Å². The summed E-state index contributed by atoms with van der Waals surface area (Å²) in [7, 11) is 0. The number of hydrogen-bond acceptors (Lipinski definition) is 6. The third-order valence-electron chi connectivity index (χ3n) is 3.51. The number of nitrogen functional groups attached to an aromatic ring is 1. The van der Waals surface area contributed by atoms with Gasteiger partial charge < -0.3 is 10.5 Å². The van der Waals surface area contributed by atoms with Crippen LogP contribution in [0, 0.1) is 0 Å². The van der Waals surface area contributed by atoms with Crippen LogP contribution < -0.4 is 15.9 Å². The second kappa shape index (κ2) is 9.16. The highest BCUT2D eigenvalue weighted by Crippen LogP contribution is 2.19. The number of hydrogen-bond donors (Lipinski definition) is 2. The topological polar surface area (TPSA) is 89.6 Å². The van der Waals surface area contributed by atoms with Gasteiger partial charge in [0.05, 0.1) is 18.3 Å². The highest BCUT2D eigenvalue weighted by Gasteiger charge is 2.06. The molecule has 0 fully saturated rings. The maximum Gasteiger partial charge on any atom is 0.246 e. The van der Waals surface area contributed by atoms with Gasteiger partial charge in [0, 0.05) is 16.0 Å². The summed E-state index contributed by atoms with van der Waals surface area (Å²) in [6.45, 7) is 0.378. The van der Waals surface area contributed by atoms with E-state index in [0.717, 1.165) is 11.1 Å². The summed E-state index contributed by atoms with van der Waals surface area (Å²) in [6.07, 6.45) is 1.67. The number of aromatic nitrogens is 1. The first-order chi connectivity index (χ1) is 13.1. The van der Waals surface area contributed by atoms with Crippen LogP contribution in [0.25, 0.3) is 0 Å². The van der Waals surface area contributed by atoms with E-state index in [1.54, 1.807) is 11.6 Å². The van der Waals surface area contributed by atoms with E-state index in [1.165, 1.54) is 11.3 Å². The van der Waals surface area contributed by atoms with Crippen molar-refractivity contribution in [2.45, 2.75) is 13.0 Å². The molecule has 3 N–H and O–H groups in total. The number of ether oxygens (including phenoxy) is 1. The minimum Gasteiger partial charge on any atom is -0.488 e. The van der Waals surface area contributed by atoms with Gasteiger partial charge in [-0.05, 0) is 29.8 Å². The Balaban J connectivity index is 1.58. The normalized spacial score (nSPS) is 10.9. The molecular weight excluding hydrogens is 384 g/mol. The van der Waals surface area contributed by atoms with Crippen molar-refractivity contribution in [1.29, 1.82) is 0 Å². The Kier molecular flexibility index (Phi) is 6.40. The predicted molar refractivity (Wildman–Crippen MR) is 108 cm³/mol. The highest BCUT2D eigenvalue weighted by molar-refractivity contribution is 7.13. The first kappa shape index (κ1) is 18.9. The molecule has 6 nitrogen and oxygen atoms in total. The van der Waals surface area contributed by atoms with Crippen molar-refractivity contribution in [3.8, 4) is 5.75 Å². The molecule has 3 aromatic rings. The molecule has 1 aromatic heterocycles. The minimum absolute atomic E-state index is 0.123. The molecule has 0 spiro atoms. The quantitative estimate of drug-likeness (QED) is 0.468. The van der Waals surface area contributed by atoms with Crippen LogP contribution >= 0.6 is 22.9 Å². The van der Waals surface area contributed by atoms with Gasteiger partial charge >= 0.3 is 0 Å². The second-order valence-corrected chi connectivity index (χ2v) is 6.93. The average molecular weight is 401 g/mol. The summed E-state index contributed by atoms with van der Waals surface area (Å²) in [5.41, 5.74) is 10.4. The van der Waals surface area contributed by atoms with Crippen LogP contribution in [0.5, 0.6) is 5.75 Å². The van der Waals surface area contributed by atoms with E-state index in [-0.39, 0.29) is 12.3 Å². The number of nitrogens with one attached hydrogen (secondary N) is 1. The van der Waals surface area contributed by atoms with Gasteiger partial charge in [0.15, 0.2) is 5.13 Å². The molecule has 0 saturated carbocycles. The number of amides is 1. The Hall–Kier alpha value is -2.90. The predicted octanol–water partition coefficient (Wildman–Crippen LogP) is 3.65. The number of halogens is 1. The second-order valence-electron chi connectivity index (χ2n) is 5.60. The Morgan fingerprint density at radius 3 is 2.93 bits per heavy atom. The third kappa shape index (κ3) is 5.80. The number of hydrazone groups is 1. The lowest BCUT2D eigenvalue weighted by atomic mass is 10.2. The molecule has 0 unspecified atom stereocenters. The van der Waals surface area contributed by atoms with Crippen molar-refractivity contribution in [2.24, 2.45) is 5.10 Å². The monoisotopic (exact) mass is 400 g/mol. The van der Waals surface area contributed by atoms with E-state index in [0.29, 0.717) is 28.2 Å². The van der Waals surface area contributed by atoms with Gasteiger partial charge in [-0.15, -0.1) is 11.3 Å². The molecule has 0 aliphatic carbocycles. The molecule has 0 atom stereocenters. The number of rotatable bonds is 7. The molecule has 0 aliphatic heterocycles. The number of nitrogens with two attached hydrogens (primary N) is 1. The van der Waals surface area contributed by atoms with E-state index in [9.17, 15) is 4.79 Å². The lowest BCUT2D eigenvalue weighted by Crippen LogP contribution is -2.20. The van der Waals surface area contributed by atoms with Gasteiger partial charge in [-0.1, -0.05) is 35.9 Å². The Bertz CT molecular complexity index is 958. The zero-order valence-corrected chi connectivity index (χ0v) is 15.8. The highest BCUT2D eigenvalue weighted by atomic mass is 35.5.